The van der Waals surface area contributed by atoms with E-state index in [1.54, 1.807) is 7.11 Å². The molecule has 0 spiro atoms. The van der Waals surface area contributed by atoms with E-state index in [2.05, 4.69) is 13.8 Å². The minimum absolute atomic E-state index is 0.0679. The maximum atomic E-state index is 10.1. The molecule has 0 aliphatic carbocycles. The number of hydrogen-bond acceptors (Lipinski definition) is 3. The molecule has 3 unspecified atom stereocenters. The van der Waals surface area contributed by atoms with Crippen LogP contribution in [0.3, 0.4) is 0 Å². The number of aliphatic hydroxyl groups excluding tert-OH is 1. The Kier molecular flexibility index (Phi) is 4.85. The Morgan fingerprint density at radius 2 is 2.14 bits per heavy atom. The lowest BCUT2D eigenvalue weighted by Gasteiger charge is -2.33. The highest BCUT2D eigenvalue weighted by molar-refractivity contribution is 4.80. The Morgan fingerprint density at radius 3 is 2.57 bits per heavy atom. The van der Waals surface area contributed by atoms with Crippen molar-refractivity contribution in [1.82, 2.24) is 0 Å². The highest BCUT2D eigenvalue weighted by Gasteiger charge is 2.31. The Hall–Kier alpha value is -0.120. The van der Waals surface area contributed by atoms with Crippen molar-refractivity contribution in [2.24, 2.45) is 11.8 Å². The molecule has 0 aromatic rings. The smallest absolute Gasteiger partial charge is 0.0856 e. The summed E-state index contributed by atoms with van der Waals surface area (Å²) in [5, 5.41) is 10.1. The number of ether oxygens (including phenoxy) is 2. The predicted octanol–water partition coefficient (Wildman–Crippen LogP) is 1.44. The average molecular weight is 202 g/mol. The van der Waals surface area contributed by atoms with Crippen LogP contribution in [0.2, 0.25) is 0 Å². The van der Waals surface area contributed by atoms with Crippen LogP contribution in [0.4, 0.5) is 0 Å². The zero-order valence-corrected chi connectivity index (χ0v) is 9.40. The lowest BCUT2D eigenvalue weighted by molar-refractivity contribution is -0.0936. The Bertz CT molecular complexity index is 153. The molecule has 1 aliphatic rings. The predicted molar refractivity (Wildman–Crippen MR) is 55.2 cm³/mol. The molecule has 3 nitrogen and oxygen atoms in total. The molecule has 1 aliphatic heterocycles. The molecule has 3 heteroatoms. The van der Waals surface area contributed by atoms with Crippen molar-refractivity contribution in [3.8, 4) is 0 Å². The molecule has 0 radical (unpaired) electrons. The van der Waals surface area contributed by atoms with E-state index in [0.29, 0.717) is 12.5 Å². The first kappa shape index (κ1) is 12.0. The first-order chi connectivity index (χ1) is 6.66. The molecule has 1 fully saturated rings. The largest absolute Gasteiger partial charge is 0.390 e. The first-order valence-electron chi connectivity index (χ1n) is 5.45. The van der Waals surface area contributed by atoms with Crippen molar-refractivity contribution < 1.29 is 14.6 Å². The molecule has 1 heterocycles. The summed E-state index contributed by atoms with van der Waals surface area (Å²) in [7, 11) is 1.66. The normalized spacial score (nSPS) is 27.6. The van der Waals surface area contributed by atoms with Crippen LogP contribution >= 0.6 is 0 Å². The fourth-order valence-corrected chi connectivity index (χ4v) is 2.11. The summed E-state index contributed by atoms with van der Waals surface area (Å²) < 4.78 is 10.7. The number of aliphatic hydroxyl groups is 1. The molecule has 14 heavy (non-hydrogen) atoms. The van der Waals surface area contributed by atoms with E-state index in [4.69, 9.17) is 9.47 Å². The van der Waals surface area contributed by atoms with Crippen LogP contribution in [0.15, 0.2) is 0 Å². The van der Waals surface area contributed by atoms with Gasteiger partial charge in [-0.25, -0.2) is 0 Å². The maximum absolute atomic E-state index is 10.1. The Morgan fingerprint density at radius 1 is 1.43 bits per heavy atom. The van der Waals surface area contributed by atoms with Crippen LogP contribution in [0.25, 0.3) is 0 Å². The molecule has 1 N–H and O–H groups in total. The second-order valence-corrected chi connectivity index (χ2v) is 4.41. The first-order valence-corrected chi connectivity index (χ1v) is 5.45. The van der Waals surface area contributed by atoms with Gasteiger partial charge in [-0.3, -0.25) is 0 Å². The van der Waals surface area contributed by atoms with E-state index in [-0.39, 0.29) is 18.1 Å². The van der Waals surface area contributed by atoms with Crippen molar-refractivity contribution in [3.63, 3.8) is 0 Å². The van der Waals surface area contributed by atoms with E-state index >= 15 is 0 Å². The van der Waals surface area contributed by atoms with E-state index in [0.717, 1.165) is 19.4 Å². The lowest BCUT2D eigenvalue weighted by Crippen LogP contribution is -2.41. The summed E-state index contributed by atoms with van der Waals surface area (Å²) in [4.78, 5) is 0. The van der Waals surface area contributed by atoms with E-state index in [9.17, 15) is 5.11 Å². The molecule has 0 aromatic carbocycles. The van der Waals surface area contributed by atoms with Gasteiger partial charge in [0.15, 0.2) is 0 Å². The van der Waals surface area contributed by atoms with Crippen molar-refractivity contribution in [2.75, 3.05) is 20.3 Å². The van der Waals surface area contributed by atoms with Gasteiger partial charge in [-0.2, -0.15) is 0 Å². The monoisotopic (exact) mass is 202 g/mol. The molecule has 1 rings (SSSR count). The van der Waals surface area contributed by atoms with Gasteiger partial charge in [-0.05, 0) is 18.8 Å². The molecule has 3 atom stereocenters. The van der Waals surface area contributed by atoms with Gasteiger partial charge in [0.25, 0.3) is 0 Å². The average Bonchev–Trinajstić information content (AvgIpc) is 2.19. The van der Waals surface area contributed by atoms with E-state index in [1.807, 2.05) is 0 Å². The van der Waals surface area contributed by atoms with Gasteiger partial charge in [-0.1, -0.05) is 13.8 Å². The third kappa shape index (κ3) is 2.94. The second kappa shape index (κ2) is 5.69. The zero-order chi connectivity index (χ0) is 10.6. The quantitative estimate of drug-likeness (QED) is 0.750. The van der Waals surface area contributed by atoms with Crippen LogP contribution in [0.1, 0.15) is 26.7 Å². The number of methoxy groups -OCH3 is 1. The molecule has 0 amide bonds. The number of rotatable bonds is 4. The lowest BCUT2D eigenvalue weighted by atomic mass is 9.88. The van der Waals surface area contributed by atoms with Crippen LogP contribution < -0.4 is 0 Å². The minimum atomic E-state index is -0.389. The second-order valence-electron chi connectivity index (χ2n) is 4.41. The highest BCUT2D eigenvalue weighted by Crippen LogP contribution is 2.23. The van der Waals surface area contributed by atoms with Crippen LogP contribution in [0.5, 0.6) is 0 Å². The highest BCUT2D eigenvalue weighted by atomic mass is 16.5. The van der Waals surface area contributed by atoms with Gasteiger partial charge in [0.05, 0.1) is 18.8 Å². The zero-order valence-electron chi connectivity index (χ0n) is 9.40. The van der Waals surface area contributed by atoms with Gasteiger partial charge in [0.1, 0.15) is 0 Å². The van der Waals surface area contributed by atoms with Gasteiger partial charge < -0.3 is 14.6 Å². The van der Waals surface area contributed by atoms with Crippen LogP contribution in [-0.2, 0) is 9.47 Å². The summed E-state index contributed by atoms with van der Waals surface area (Å²) in [5.41, 5.74) is 0. The third-order valence-corrected chi connectivity index (χ3v) is 2.94. The summed E-state index contributed by atoms with van der Waals surface area (Å²) >= 11 is 0. The number of hydrogen-bond donors (Lipinski definition) is 1. The van der Waals surface area contributed by atoms with Gasteiger partial charge in [0, 0.05) is 19.6 Å². The molecular weight excluding hydrogens is 180 g/mol. The third-order valence-electron chi connectivity index (χ3n) is 2.94. The summed E-state index contributed by atoms with van der Waals surface area (Å²) in [5.74, 6) is 0.591. The molecular formula is C11H22O3. The van der Waals surface area contributed by atoms with Crippen molar-refractivity contribution in [3.05, 3.63) is 0 Å². The van der Waals surface area contributed by atoms with E-state index < -0.39 is 0 Å². The summed E-state index contributed by atoms with van der Waals surface area (Å²) in [6, 6.07) is 0. The summed E-state index contributed by atoms with van der Waals surface area (Å²) in [6.07, 6.45) is 1.64. The van der Waals surface area contributed by atoms with E-state index in [1.165, 1.54) is 0 Å². The maximum Gasteiger partial charge on any atom is 0.0856 e. The molecule has 1 saturated heterocycles. The van der Waals surface area contributed by atoms with Crippen LogP contribution in [0, 0.1) is 11.8 Å². The topological polar surface area (TPSA) is 38.7 Å². The molecule has 0 bridgehead atoms. The molecule has 84 valence electrons. The van der Waals surface area contributed by atoms with Gasteiger partial charge in [-0.15, -0.1) is 0 Å². The molecule has 0 saturated carbocycles. The van der Waals surface area contributed by atoms with Crippen LogP contribution in [-0.4, -0.2) is 37.6 Å². The SMILES string of the molecule is COC(C(C)C)C(O)C1CCCOC1. The van der Waals surface area contributed by atoms with Crippen molar-refractivity contribution >= 4 is 0 Å². The Balaban J connectivity index is 2.47. The summed E-state index contributed by atoms with van der Waals surface area (Å²) in [6.45, 7) is 5.65. The van der Waals surface area contributed by atoms with Gasteiger partial charge >= 0.3 is 0 Å². The minimum Gasteiger partial charge on any atom is -0.390 e. The van der Waals surface area contributed by atoms with Crippen molar-refractivity contribution in [1.29, 1.82) is 0 Å². The standard InChI is InChI=1S/C11H22O3/c1-8(2)11(13-3)10(12)9-5-4-6-14-7-9/h8-12H,4-7H2,1-3H3. The fourth-order valence-electron chi connectivity index (χ4n) is 2.11. The molecule has 0 aromatic heterocycles. The Labute approximate surface area is 86.4 Å². The van der Waals surface area contributed by atoms with Gasteiger partial charge in [0.2, 0.25) is 0 Å². The van der Waals surface area contributed by atoms with Crippen molar-refractivity contribution in [2.45, 2.75) is 38.9 Å². The fraction of sp³-hybridized carbons (Fsp3) is 1.00.